The molecule has 0 unspecified atom stereocenters. The fourth-order valence-electron chi connectivity index (χ4n) is 2.17. The summed E-state index contributed by atoms with van der Waals surface area (Å²) in [6, 6.07) is 5.33. The molecule has 21 heavy (non-hydrogen) atoms. The topological polar surface area (TPSA) is 62.8 Å². The Hall–Kier alpha value is -1.50. The summed E-state index contributed by atoms with van der Waals surface area (Å²) in [7, 11) is 3.17. The number of carbonyl (C=O) groups is 1. The number of ether oxygens (including phenoxy) is 2. The number of rotatable bonds is 5. The van der Waals surface area contributed by atoms with Crippen molar-refractivity contribution in [1.82, 2.24) is 10.2 Å². The third kappa shape index (κ3) is 5.08. The molecule has 1 fully saturated rings. The minimum atomic E-state index is -0.0431. The molecule has 2 N–H and O–H groups in total. The molecule has 0 saturated carbocycles. The number of halogens is 1. The van der Waals surface area contributed by atoms with Gasteiger partial charge in [0.25, 0.3) is 0 Å². The van der Waals surface area contributed by atoms with Crippen molar-refractivity contribution in [1.29, 1.82) is 0 Å². The number of hydrogen-bond donors (Lipinski definition) is 2. The number of methoxy groups -OCH3 is 2. The van der Waals surface area contributed by atoms with E-state index in [4.69, 9.17) is 9.47 Å². The van der Waals surface area contributed by atoms with E-state index in [2.05, 4.69) is 15.5 Å². The summed E-state index contributed by atoms with van der Waals surface area (Å²) in [5.74, 6) is 1.26. The minimum absolute atomic E-state index is 0. The van der Waals surface area contributed by atoms with Gasteiger partial charge in [-0.15, -0.1) is 12.4 Å². The molecule has 0 radical (unpaired) electrons. The number of nitrogens with one attached hydrogen (secondary N) is 2. The zero-order chi connectivity index (χ0) is 14.4. The number of carbonyl (C=O) groups excluding carboxylic acids is 1. The summed E-state index contributed by atoms with van der Waals surface area (Å²) in [6.45, 7) is 4.03. The number of piperazine rings is 1. The van der Waals surface area contributed by atoms with Crippen LogP contribution in [-0.2, 0) is 4.79 Å². The Morgan fingerprint density at radius 3 is 2.62 bits per heavy atom. The van der Waals surface area contributed by atoms with Gasteiger partial charge in [0, 0.05) is 32.2 Å². The molecule has 1 aliphatic rings. The maximum absolute atomic E-state index is 12.1. The molecular formula is C14H22ClN3O3. The smallest absolute Gasteiger partial charge is 0.238 e. The largest absolute Gasteiger partial charge is 0.497 e. The molecule has 1 heterocycles. The van der Waals surface area contributed by atoms with Gasteiger partial charge in [-0.3, -0.25) is 9.69 Å². The van der Waals surface area contributed by atoms with Gasteiger partial charge in [-0.2, -0.15) is 0 Å². The van der Waals surface area contributed by atoms with Gasteiger partial charge in [0.1, 0.15) is 11.5 Å². The first-order chi connectivity index (χ1) is 9.72. The van der Waals surface area contributed by atoms with Gasteiger partial charge >= 0.3 is 0 Å². The summed E-state index contributed by atoms with van der Waals surface area (Å²) < 4.78 is 10.4. The molecule has 0 bridgehead atoms. The van der Waals surface area contributed by atoms with Crippen LogP contribution in [0, 0.1) is 0 Å². The highest BCUT2D eigenvalue weighted by atomic mass is 35.5. The maximum atomic E-state index is 12.1. The molecule has 0 aliphatic carbocycles. The molecular weight excluding hydrogens is 294 g/mol. The Bertz CT molecular complexity index is 465. The van der Waals surface area contributed by atoms with Gasteiger partial charge in [0.2, 0.25) is 5.91 Å². The van der Waals surface area contributed by atoms with Crippen LogP contribution in [0.5, 0.6) is 11.5 Å². The third-order valence-corrected chi connectivity index (χ3v) is 3.26. The summed E-state index contributed by atoms with van der Waals surface area (Å²) in [4.78, 5) is 14.2. The predicted octanol–water partition coefficient (Wildman–Crippen LogP) is 0.969. The van der Waals surface area contributed by atoms with Gasteiger partial charge in [-0.1, -0.05) is 0 Å². The summed E-state index contributed by atoms with van der Waals surface area (Å²) in [6.07, 6.45) is 0. The predicted molar refractivity (Wildman–Crippen MR) is 84.7 cm³/mol. The molecule has 1 saturated heterocycles. The van der Waals surface area contributed by atoms with Crippen LogP contribution in [-0.4, -0.2) is 57.8 Å². The van der Waals surface area contributed by atoms with Crippen LogP contribution in [0.15, 0.2) is 18.2 Å². The highest BCUT2D eigenvalue weighted by Gasteiger charge is 2.15. The van der Waals surface area contributed by atoms with Crippen LogP contribution in [0.4, 0.5) is 5.69 Å². The number of anilines is 1. The first-order valence-electron chi connectivity index (χ1n) is 6.68. The van der Waals surface area contributed by atoms with Crippen LogP contribution in [0.25, 0.3) is 0 Å². The standard InChI is InChI=1S/C14H21N3O3.ClH/c1-19-11-3-4-13(20-2)12(9-11)16-14(18)10-17-7-5-15-6-8-17;/h3-4,9,15H,5-8,10H2,1-2H3,(H,16,18);1H. The molecule has 0 spiro atoms. The van der Waals surface area contributed by atoms with Gasteiger partial charge in [-0.25, -0.2) is 0 Å². The number of benzene rings is 1. The Kier molecular flexibility index (Phi) is 7.28. The van der Waals surface area contributed by atoms with Crippen molar-refractivity contribution in [2.24, 2.45) is 0 Å². The van der Waals surface area contributed by atoms with Crippen molar-refractivity contribution in [2.75, 3.05) is 52.3 Å². The molecule has 1 aromatic carbocycles. The van der Waals surface area contributed by atoms with E-state index >= 15 is 0 Å². The Balaban J connectivity index is 0.00000220. The van der Waals surface area contributed by atoms with Crippen LogP contribution in [0.1, 0.15) is 0 Å². The van der Waals surface area contributed by atoms with E-state index in [1.807, 2.05) is 0 Å². The van der Waals surface area contributed by atoms with E-state index in [-0.39, 0.29) is 18.3 Å². The lowest BCUT2D eigenvalue weighted by molar-refractivity contribution is -0.117. The summed E-state index contributed by atoms with van der Waals surface area (Å²) in [5.41, 5.74) is 0.631. The van der Waals surface area contributed by atoms with Crippen LogP contribution in [0.3, 0.4) is 0 Å². The lowest BCUT2D eigenvalue weighted by Gasteiger charge is -2.26. The van der Waals surface area contributed by atoms with Crippen LogP contribution >= 0.6 is 12.4 Å². The highest BCUT2D eigenvalue weighted by molar-refractivity contribution is 5.94. The lowest BCUT2D eigenvalue weighted by Crippen LogP contribution is -2.46. The monoisotopic (exact) mass is 315 g/mol. The normalized spacial score (nSPS) is 15.0. The zero-order valence-corrected chi connectivity index (χ0v) is 13.2. The molecule has 1 aliphatic heterocycles. The fraction of sp³-hybridized carbons (Fsp3) is 0.500. The van der Waals surface area contributed by atoms with Gasteiger partial charge < -0.3 is 20.1 Å². The molecule has 1 amide bonds. The Morgan fingerprint density at radius 2 is 2.00 bits per heavy atom. The quantitative estimate of drug-likeness (QED) is 0.848. The zero-order valence-electron chi connectivity index (χ0n) is 12.3. The third-order valence-electron chi connectivity index (χ3n) is 3.26. The van der Waals surface area contributed by atoms with E-state index in [0.29, 0.717) is 23.7 Å². The number of amides is 1. The minimum Gasteiger partial charge on any atom is -0.497 e. The first-order valence-corrected chi connectivity index (χ1v) is 6.68. The number of hydrogen-bond acceptors (Lipinski definition) is 5. The van der Waals surface area contributed by atoms with Crippen molar-refractivity contribution >= 4 is 24.0 Å². The van der Waals surface area contributed by atoms with Gasteiger partial charge in [0.05, 0.1) is 26.5 Å². The molecule has 0 aromatic heterocycles. The molecule has 0 atom stereocenters. The van der Waals surface area contributed by atoms with Crippen molar-refractivity contribution in [3.63, 3.8) is 0 Å². The second kappa shape index (κ2) is 8.71. The first kappa shape index (κ1) is 17.6. The second-order valence-corrected chi connectivity index (χ2v) is 4.64. The van der Waals surface area contributed by atoms with E-state index in [0.717, 1.165) is 26.2 Å². The fourth-order valence-corrected chi connectivity index (χ4v) is 2.17. The van der Waals surface area contributed by atoms with E-state index in [1.54, 1.807) is 32.4 Å². The van der Waals surface area contributed by atoms with Gasteiger partial charge in [0.15, 0.2) is 0 Å². The highest BCUT2D eigenvalue weighted by Crippen LogP contribution is 2.28. The van der Waals surface area contributed by atoms with E-state index in [1.165, 1.54) is 0 Å². The summed E-state index contributed by atoms with van der Waals surface area (Å²) in [5, 5.41) is 6.14. The van der Waals surface area contributed by atoms with Crippen molar-refractivity contribution < 1.29 is 14.3 Å². The average molecular weight is 316 g/mol. The SMILES string of the molecule is COc1ccc(OC)c(NC(=O)CN2CCNCC2)c1.Cl. The second-order valence-electron chi connectivity index (χ2n) is 4.64. The van der Waals surface area contributed by atoms with Crippen LogP contribution in [0.2, 0.25) is 0 Å². The van der Waals surface area contributed by atoms with Crippen molar-refractivity contribution in [3.05, 3.63) is 18.2 Å². The molecule has 6 nitrogen and oxygen atoms in total. The summed E-state index contributed by atoms with van der Waals surface area (Å²) >= 11 is 0. The van der Waals surface area contributed by atoms with E-state index in [9.17, 15) is 4.79 Å². The van der Waals surface area contributed by atoms with Crippen molar-refractivity contribution in [2.45, 2.75) is 0 Å². The maximum Gasteiger partial charge on any atom is 0.238 e. The average Bonchev–Trinajstić information content (AvgIpc) is 2.48. The molecule has 118 valence electrons. The number of nitrogens with zero attached hydrogens (tertiary/aromatic N) is 1. The molecule has 7 heteroatoms. The Morgan fingerprint density at radius 1 is 1.29 bits per heavy atom. The lowest BCUT2D eigenvalue weighted by atomic mass is 10.2. The van der Waals surface area contributed by atoms with Gasteiger partial charge in [-0.05, 0) is 12.1 Å². The van der Waals surface area contributed by atoms with Crippen LogP contribution < -0.4 is 20.1 Å². The molecule has 1 aromatic rings. The molecule has 2 rings (SSSR count). The van der Waals surface area contributed by atoms with E-state index < -0.39 is 0 Å². The Labute approximate surface area is 131 Å². The van der Waals surface area contributed by atoms with Crippen molar-refractivity contribution in [3.8, 4) is 11.5 Å².